The van der Waals surface area contributed by atoms with Gasteiger partial charge in [0, 0.05) is 31.6 Å². The molecule has 1 heterocycles. The molecule has 1 atom stereocenters. The Morgan fingerprint density at radius 2 is 1.79 bits per heavy atom. The zero-order valence-electron chi connectivity index (χ0n) is 21.7. The summed E-state index contributed by atoms with van der Waals surface area (Å²) in [5.41, 5.74) is 11.3. The van der Waals surface area contributed by atoms with Crippen molar-refractivity contribution in [2.75, 3.05) is 11.9 Å². The lowest BCUT2D eigenvalue weighted by atomic mass is 9.79. The molecule has 0 radical (unpaired) electrons. The zero-order valence-corrected chi connectivity index (χ0v) is 23.5. The van der Waals surface area contributed by atoms with Crippen LogP contribution >= 0.6 is 12.4 Å². The van der Waals surface area contributed by atoms with Crippen LogP contribution in [-0.2, 0) is 16.3 Å². The fraction of sp³-hybridized carbons (Fsp3) is 0.615. The van der Waals surface area contributed by atoms with Crippen molar-refractivity contribution in [3.8, 4) is 11.1 Å². The van der Waals surface area contributed by atoms with Gasteiger partial charge in [-0.1, -0.05) is 51.5 Å². The Hall–Kier alpha value is -1.67. The Morgan fingerprint density at radius 1 is 1.18 bits per heavy atom. The van der Waals surface area contributed by atoms with E-state index >= 15 is 0 Å². The number of nitrogens with zero attached hydrogens (tertiary/aromatic N) is 2. The predicted octanol–water partition coefficient (Wildman–Crippen LogP) is 5.99. The maximum atomic E-state index is 12.7. The van der Waals surface area contributed by atoms with Crippen molar-refractivity contribution in [1.82, 2.24) is 9.78 Å². The lowest BCUT2D eigenvalue weighted by Gasteiger charge is -2.29. The molecule has 0 bridgehead atoms. The van der Waals surface area contributed by atoms with E-state index in [0.717, 1.165) is 72.5 Å². The van der Waals surface area contributed by atoms with E-state index in [2.05, 4.69) is 43.9 Å². The molecule has 0 saturated heterocycles. The number of rotatable bonds is 9. The maximum absolute atomic E-state index is 12.7. The van der Waals surface area contributed by atoms with Gasteiger partial charge in [0.05, 0.1) is 11.7 Å². The molecule has 3 N–H and O–H groups in total. The summed E-state index contributed by atoms with van der Waals surface area (Å²) in [5.74, 6) is 0.944. The molecule has 34 heavy (non-hydrogen) atoms. The summed E-state index contributed by atoms with van der Waals surface area (Å²) >= 11 is 0. The largest absolute Gasteiger partial charge is 0.360 e. The maximum Gasteiger partial charge on any atom is 0.241 e. The molecule has 1 aromatic heterocycles. The number of carbonyl (C=O) groups excluding carboxylic acids is 1. The number of aryl methyl sites for hydroxylation is 1. The van der Waals surface area contributed by atoms with E-state index in [1.807, 2.05) is 35.9 Å². The number of aromatic nitrogens is 2. The van der Waals surface area contributed by atoms with Crippen molar-refractivity contribution in [2.24, 2.45) is 17.6 Å². The first-order chi connectivity index (χ1) is 15.5. The normalized spacial score (nSPS) is 19.4. The Balaban J connectivity index is 0.00000408. The molecular weight excluding hydrogens is 464 g/mol. The number of carbonyl (C=O) groups is 1. The van der Waals surface area contributed by atoms with Gasteiger partial charge in [-0.3, -0.25) is 4.79 Å². The number of benzene rings is 1. The van der Waals surface area contributed by atoms with Crippen molar-refractivity contribution in [1.29, 1.82) is 0 Å². The highest BCUT2D eigenvalue weighted by Gasteiger charge is 2.28. The molecule has 8 heteroatoms. The highest BCUT2D eigenvalue weighted by molar-refractivity contribution is 6.76. The summed E-state index contributed by atoms with van der Waals surface area (Å²) in [5, 5.41) is 7.70. The van der Waals surface area contributed by atoms with E-state index in [-0.39, 0.29) is 24.2 Å². The van der Waals surface area contributed by atoms with Crippen LogP contribution in [0.25, 0.3) is 11.1 Å². The number of halogens is 1. The number of hydrogen-bond acceptors (Lipinski definition) is 4. The van der Waals surface area contributed by atoms with Gasteiger partial charge in [0.2, 0.25) is 5.91 Å². The topological polar surface area (TPSA) is 82.2 Å². The van der Waals surface area contributed by atoms with E-state index in [1.165, 1.54) is 0 Å². The Kier molecular flexibility index (Phi) is 10.4. The minimum absolute atomic E-state index is 0. The second-order valence-corrected chi connectivity index (χ2v) is 16.6. The fourth-order valence-corrected chi connectivity index (χ4v) is 5.33. The monoisotopic (exact) mass is 506 g/mol. The average Bonchev–Trinajstić information content (AvgIpc) is 3.04. The van der Waals surface area contributed by atoms with Gasteiger partial charge in [0.15, 0.2) is 0 Å². The molecule has 0 unspecified atom stereocenters. The number of hydrogen-bond donors (Lipinski definition) is 2. The summed E-state index contributed by atoms with van der Waals surface area (Å²) in [4.78, 5) is 12.7. The zero-order chi connectivity index (χ0) is 24.2. The van der Waals surface area contributed by atoms with Crippen LogP contribution in [0.3, 0.4) is 0 Å². The first-order valence-electron chi connectivity index (χ1n) is 12.3. The lowest BCUT2D eigenvalue weighted by Crippen LogP contribution is -2.43. The van der Waals surface area contributed by atoms with Gasteiger partial charge in [0.25, 0.3) is 0 Å². The summed E-state index contributed by atoms with van der Waals surface area (Å²) in [7, 11) is -1.10. The second-order valence-electron chi connectivity index (χ2n) is 11.0. The van der Waals surface area contributed by atoms with Crippen molar-refractivity contribution >= 4 is 32.1 Å². The summed E-state index contributed by atoms with van der Waals surface area (Å²) in [6.07, 6.45) is 4.41. The van der Waals surface area contributed by atoms with Gasteiger partial charge in [-0.05, 0) is 62.3 Å². The molecule has 0 aliphatic heterocycles. The summed E-state index contributed by atoms with van der Waals surface area (Å²) in [6, 6.07) is 8.68. The minimum atomic E-state index is -1.10. The van der Waals surface area contributed by atoms with Gasteiger partial charge in [-0.2, -0.15) is 5.10 Å². The number of nitrogens with two attached hydrogens (primary N) is 1. The van der Waals surface area contributed by atoms with Crippen molar-refractivity contribution in [2.45, 2.75) is 84.9 Å². The minimum Gasteiger partial charge on any atom is -0.360 e. The Morgan fingerprint density at radius 3 is 2.38 bits per heavy atom. The standard InChI is InChI=1S/C26H42N4O2Si.ClH/c1-18-7-9-22(10-8-18)25(27)26(31)28-23-13-11-21(12-14-23)24-19(2)29-30(20(24)3)17-32-15-16-33(4,5)6;/h11-14,18,22,25H,7-10,15-17,27H2,1-6H3,(H,28,31);1H/t18?,22?,25-;/m0./s1. The molecule has 1 saturated carbocycles. The number of amides is 1. The number of ether oxygens (including phenoxy) is 1. The molecule has 3 rings (SSSR count). The molecule has 6 nitrogen and oxygen atoms in total. The van der Waals surface area contributed by atoms with Crippen LogP contribution in [0.1, 0.15) is 44.0 Å². The van der Waals surface area contributed by atoms with E-state index in [9.17, 15) is 4.79 Å². The quantitative estimate of drug-likeness (QED) is 0.323. The predicted molar refractivity (Wildman–Crippen MR) is 146 cm³/mol. The number of nitrogens with one attached hydrogen (secondary N) is 1. The first-order valence-corrected chi connectivity index (χ1v) is 16.0. The summed E-state index contributed by atoms with van der Waals surface area (Å²) < 4.78 is 7.84. The molecule has 1 aliphatic carbocycles. The van der Waals surface area contributed by atoms with Crippen LogP contribution in [0.2, 0.25) is 25.7 Å². The van der Waals surface area contributed by atoms with E-state index in [1.54, 1.807) is 0 Å². The van der Waals surface area contributed by atoms with Crippen LogP contribution < -0.4 is 11.1 Å². The second kappa shape index (κ2) is 12.3. The van der Waals surface area contributed by atoms with Crippen LogP contribution in [0.15, 0.2) is 24.3 Å². The van der Waals surface area contributed by atoms with Crippen LogP contribution in [0.4, 0.5) is 5.69 Å². The van der Waals surface area contributed by atoms with Crippen LogP contribution in [-0.4, -0.2) is 36.4 Å². The van der Waals surface area contributed by atoms with Crippen molar-refractivity contribution in [3.63, 3.8) is 0 Å². The lowest BCUT2D eigenvalue weighted by molar-refractivity contribution is -0.118. The SMILES string of the molecule is Cc1nn(COCC[Si](C)(C)C)c(C)c1-c1ccc(NC(=O)[C@@H](N)C2CCC(C)CC2)cc1.Cl. The van der Waals surface area contributed by atoms with E-state index in [0.29, 0.717) is 6.73 Å². The van der Waals surface area contributed by atoms with E-state index in [4.69, 9.17) is 10.5 Å². The molecule has 2 aromatic rings. The first kappa shape index (κ1) is 28.6. The van der Waals surface area contributed by atoms with E-state index < -0.39 is 14.1 Å². The Bertz CT molecular complexity index is 932. The van der Waals surface area contributed by atoms with Crippen molar-refractivity contribution < 1.29 is 9.53 Å². The molecule has 1 aliphatic rings. The van der Waals surface area contributed by atoms with Gasteiger partial charge in [0.1, 0.15) is 6.73 Å². The third-order valence-corrected chi connectivity index (χ3v) is 8.61. The number of anilines is 1. The summed E-state index contributed by atoms with van der Waals surface area (Å²) in [6.45, 7) is 14.7. The van der Waals surface area contributed by atoms with Crippen molar-refractivity contribution in [3.05, 3.63) is 35.7 Å². The molecular formula is C26H43ClN4O2Si. The molecule has 0 spiro atoms. The molecule has 1 aromatic carbocycles. The molecule has 190 valence electrons. The third kappa shape index (κ3) is 7.67. The van der Waals surface area contributed by atoms with Gasteiger partial charge >= 0.3 is 0 Å². The molecule has 1 fully saturated rings. The highest BCUT2D eigenvalue weighted by atomic mass is 35.5. The van der Waals surface area contributed by atoms with Gasteiger partial charge in [-0.15, -0.1) is 12.4 Å². The van der Waals surface area contributed by atoms with Crippen LogP contribution in [0, 0.1) is 25.7 Å². The highest BCUT2D eigenvalue weighted by Crippen LogP contribution is 2.31. The van der Waals surface area contributed by atoms with Crippen LogP contribution in [0.5, 0.6) is 0 Å². The fourth-order valence-electron chi connectivity index (χ4n) is 4.57. The third-order valence-electron chi connectivity index (χ3n) is 6.90. The Labute approximate surface area is 212 Å². The average molecular weight is 507 g/mol. The molecule has 1 amide bonds. The van der Waals surface area contributed by atoms with Gasteiger partial charge < -0.3 is 15.8 Å². The smallest absolute Gasteiger partial charge is 0.241 e. The van der Waals surface area contributed by atoms with Gasteiger partial charge in [-0.25, -0.2) is 4.68 Å².